The van der Waals surface area contributed by atoms with Crippen molar-refractivity contribution in [1.29, 1.82) is 0 Å². The number of nitrogens with two attached hydrogens (primary N) is 1. The number of aromatic nitrogens is 1. The Morgan fingerprint density at radius 1 is 1.53 bits per heavy atom. The Bertz CT molecular complexity index is 401. The van der Waals surface area contributed by atoms with Gasteiger partial charge in [-0.3, -0.25) is 9.79 Å². The van der Waals surface area contributed by atoms with Gasteiger partial charge in [0.05, 0.1) is 0 Å². The summed E-state index contributed by atoms with van der Waals surface area (Å²) in [6.07, 6.45) is 0. The lowest BCUT2D eigenvalue weighted by Gasteiger charge is -2.16. The fourth-order valence-electron chi connectivity index (χ4n) is 1.08. The van der Waals surface area contributed by atoms with Crippen molar-refractivity contribution in [3.8, 4) is 0 Å². The minimum absolute atomic E-state index is 0.0182. The molecule has 0 aromatic carbocycles. The molecule has 82 valence electrons. The van der Waals surface area contributed by atoms with E-state index in [9.17, 15) is 4.79 Å². The van der Waals surface area contributed by atoms with Crippen LogP contribution in [-0.4, -0.2) is 23.5 Å². The van der Waals surface area contributed by atoms with Crippen LogP contribution in [-0.2, 0) is 4.79 Å². The molecule has 4 nitrogen and oxygen atoms in total. The van der Waals surface area contributed by atoms with Crippen LogP contribution >= 0.6 is 11.3 Å². The van der Waals surface area contributed by atoms with Crippen LogP contribution in [0.5, 0.6) is 0 Å². The van der Waals surface area contributed by atoms with Gasteiger partial charge in [0, 0.05) is 17.8 Å². The minimum Gasteiger partial charge on any atom is -0.375 e. The predicted octanol–water partition coefficient (Wildman–Crippen LogP) is 1.76. The Morgan fingerprint density at radius 2 is 2.13 bits per heavy atom. The first-order valence-electron chi connectivity index (χ1n) is 4.59. The molecule has 0 aliphatic heterocycles. The number of aliphatic imine (C=N–C) groups is 1. The van der Waals surface area contributed by atoms with Gasteiger partial charge in [-0.05, 0) is 0 Å². The largest absolute Gasteiger partial charge is 0.375 e. The van der Waals surface area contributed by atoms with Crippen LogP contribution in [0.2, 0.25) is 0 Å². The van der Waals surface area contributed by atoms with Crippen molar-refractivity contribution >= 4 is 28.0 Å². The maximum atomic E-state index is 12.0. The highest BCUT2D eigenvalue weighted by molar-refractivity contribution is 7.13. The van der Waals surface area contributed by atoms with Gasteiger partial charge in [-0.15, -0.1) is 11.3 Å². The number of nitrogens with zero attached hydrogens (tertiary/aromatic N) is 2. The summed E-state index contributed by atoms with van der Waals surface area (Å²) in [6, 6.07) is 0. The van der Waals surface area contributed by atoms with Gasteiger partial charge in [0.2, 0.25) is 0 Å². The first-order valence-corrected chi connectivity index (χ1v) is 5.47. The molecule has 0 aliphatic rings. The van der Waals surface area contributed by atoms with Gasteiger partial charge in [0.15, 0.2) is 10.9 Å². The summed E-state index contributed by atoms with van der Waals surface area (Å²) < 4.78 is 0. The number of rotatable bonds is 2. The molecule has 5 heteroatoms. The molecule has 1 aromatic heterocycles. The molecule has 0 fully saturated rings. The first kappa shape index (κ1) is 11.8. The van der Waals surface area contributed by atoms with Crippen molar-refractivity contribution in [3.05, 3.63) is 11.1 Å². The number of thiazole rings is 1. The summed E-state index contributed by atoms with van der Waals surface area (Å²) >= 11 is 1.31. The zero-order valence-electron chi connectivity index (χ0n) is 9.37. The van der Waals surface area contributed by atoms with Crippen molar-refractivity contribution in [1.82, 2.24) is 4.98 Å². The van der Waals surface area contributed by atoms with E-state index in [0.29, 0.717) is 16.5 Å². The van der Waals surface area contributed by atoms with Crippen LogP contribution in [0, 0.1) is 5.41 Å². The van der Waals surface area contributed by atoms with E-state index in [1.165, 1.54) is 11.3 Å². The molecule has 0 amide bonds. The molecule has 1 aromatic rings. The highest BCUT2D eigenvalue weighted by Gasteiger charge is 2.28. The van der Waals surface area contributed by atoms with E-state index < -0.39 is 5.41 Å². The van der Waals surface area contributed by atoms with Gasteiger partial charge in [-0.25, -0.2) is 4.98 Å². The smallest absolute Gasteiger partial charge is 0.188 e. The Hall–Kier alpha value is -1.23. The van der Waals surface area contributed by atoms with E-state index >= 15 is 0 Å². The van der Waals surface area contributed by atoms with E-state index in [1.807, 2.05) is 20.8 Å². The van der Waals surface area contributed by atoms with E-state index in [2.05, 4.69) is 9.98 Å². The monoisotopic (exact) mass is 225 g/mol. The minimum atomic E-state index is -0.451. The van der Waals surface area contributed by atoms with Crippen LogP contribution in [0.25, 0.3) is 0 Å². The van der Waals surface area contributed by atoms with Gasteiger partial charge in [0.1, 0.15) is 11.4 Å². The molecule has 0 radical (unpaired) electrons. The van der Waals surface area contributed by atoms with E-state index in [4.69, 9.17) is 5.73 Å². The number of ketones is 1. The molecule has 1 rings (SSSR count). The van der Waals surface area contributed by atoms with Gasteiger partial charge >= 0.3 is 0 Å². The lowest BCUT2D eigenvalue weighted by atomic mass is 9.87. The zero-order valence-corrected chi connectivity index (χ0v) is 10.2. The third-order valence-corrected chi connectivity index (χ3v) is 2.56. The third kappa shape index (κ3) is 2.62. The summed E-state index contributed by atoms with van der Waals surface area (Å²) in [5, 5.41) is 2.20. The van der Waals surface area contributed by atoms with Crippen LogP contribution < -0.4 is 5.73 Å². The average molecular weight is 225 g/mol. The highest BCUT2D eigenvalue weighted by Crippen LogP contribution is 2.20. The number of Topliss-reactive ketones (excluding diaryl/α,β-unsaturated/α-hetero) is 1. The molecule has 0 atom stereocenters. The number of nitrogen functional groups attached to an aromatic ring is 1. The molecule has 0 saturated carbocycles. The van der Waals surface area contributed by atoms with Gasteiger partial charge < -0.3 is 5.73 Å². The standard InChI is InChI=1S/C10H15N3OS/c1-10(2,3)8(14)7(12-4)6-5-15-9(11)13-6/h5H,1-4H3,(H2,11,13). The Morgan fingerprint density at radius 3 is 2.47 bits per heavy atom. The summed E-state index contributed by atoms with van der Waals surface area (Å²) in [5.41, 5.74) is 6.04. The van der Waals surface area contributed by atoms with Crippen molar-refractivity contribution < 1.29 is 4.79 Å². The van der Waals surface area contributed by atoms with Crippen molar-refractivity contribution in [2.24, 2.45) is 10.4 Å². The molecular formula is C10H15N3OS. The van der Waals surface area contributed by atoms with Crippen LogP contribution in [0.4, 0.5) is 5.13 Å². The number of hydrogen-bond acceptors (Lipinski definition) is 5. The summed E-state index contributed by atoms with van der Waals surface area (Å²) in [4.78, 5) is 20.1. The summed E-state index contributed by atoms with van der Waals surface area (Å²) in [7, 11) is 1.59. The number of carbonyl (C=O) groups is 1. The molecule has 15 heavy (non-hydrogen) atoms. The fraction of sp³-hybridized carbons (Fsp3) is 0.500. The van der Waals surface area contributed by atoms with Crippen molar-refractivity contribution in [2.75, 3.05) is 12.8 Å². The second-order valence-corrected chi connectivity index (χ2v) is 5.11. The number of hydrogen-bond donors (Lipinski definition) is 1. The van der Waals surface area contributed by atoms with Crippen molar-refractivity contribution in [2.45, 2.75) is 20.8 Å². The van der Waals surface area contributed by atoms with Crippen molar-refractivity contribution in [3.63, 3.8) is 0 Å². The van der Waals surface area contributed by atoms with Gasteiger partial charge in [-0.1, -0.05) is 20.8 Å². The highest BCUT2D eigenvalue weighted by atomic mass is 32.1. The second-order valence-electron chi connectivity index (χ2n) is 4.22. The molecular weight excluding hydrogens is 210 g/mol. The average Bonchev–Trinajstić information content (AvgIpc) is 2.51. The quantitative estimate of drug-likeness (QED) is 0.780. The van der Waals surface area contributed by atoms with Crippen LogP contribution in [0.15, 0.2) is 10.4 Å². The Kier molecular flexibility index (Phi) is 3.24. The topological polar surface area (TPSA) is 68.3 Å². The third-order valence-electron chi connectivity index (χ3n) is 1.88. The molecule has 2 N–H and O–H groups in total. The normalized spacial score (nSPS) is 12.9. The molecule has 0 unspecified atom stereocenters. The predicted molar refractivity (Wildman–Crippen MR) is 63.4 cm³/mol. The number of carbonyl (C=O) groups excluding carboxylic acids is 1. The molecule has 0 bridgehead atoms. The lowest BCUT2D eigenvalue weighted by molar-refractivity contribution is -0.119. The zero-order chi connectivity index (χ0) is 11.6. The maximum absolute atomic E-state index is 12.0. The number of anilines is 1. The maximum Gasteiger partial charge on any atom is 0.188 e. The van der Waals surface area contributed by atoms with Gasteiger partial charge in [-0.2, -0.15) is 0 Å². The Balaban J connectivity index is 3.07. The van der Waals surface area contributed by atoms with Gasteiger partial charge in [0.25, 0.3) is 0 Å². The molecule has 1 heterocycles. The van der Waals surface area contributed by atoms with Crippen LogP contribution in [0.3, 0.4) is 0 Å². The van der Waals surface area contributed by atoms with E-state index in [1.54, 1.807) is 12.4 Å². The first-order chi connectivity index (χ1) is 6.86. The fourth-order valence-corrected chi connectivity index (χ4v) is 1.63. The summed E-state index contributed by atoms with van der Waals surface area (Å²) in [5.74, 6) is -0.0182. The molecule has 0 saturated heterocycles. The Labute approximate surface area is 93.2 Å². The summed E-state index contributed by atoms with van der Waals surface area (Å²) in [6.45, 7) is 5.57. The SMILES string of the molecule is CN=C(C(=O)C(C)(C)C)c1csc(N)n1. The van der Waals surface area contributed by atoms with E-state index in [0.717, 1.165) is 0 Å². The van der Waals surface area contributed by atoms with Crippen LogP contribution in [0.1, 0.15) is 26.5 Å². The molecule has 0 aliphatic carbocycles. The van der Waals surface area contributed by atoms with E-state index in [-0.39, 0.29) is 5.78 Å². The second kappa shape index (κ2) is 4.10. The molecule has 0 spiro atoms. The lowest BCUT2D eigenvalue weighted by Crippen LogP contribution is -2.29.